The van der Waals surface area contributed by atoms with Crippen LogP contribution in [0.4, 0.5) is 17.6 Å². The first-order chi connectivity index (χ1) is 18.6. The van der Waals surface area contributed by atoms with Crippen LogP contribution in [-0.2, 0) is 35.5 Å². The Kier molecular flexibility index (Phi) is 8.85. The van der Waals surface area contributed by atoms with Gasteiger partial charge in [0.1, 0.15) is 19.0 Å². The molecule has 1 amide bonds. The van der Waals surface area contributed by atoms with Crippen LogP contribution in [0.5, 0.6) is 5.88 Å². The first-order valence-electron chi connectivity index (χ1n) is 12.3. The molecule has 3 aromatic rings. The Morgan fingerprint density at radius 2 is 1.79 bits per heavy atom. The lowest BCUT2D eigenvalue weighted by Crippen LogP contribution is -2.47. The van der Waals surface area contributed by atoms with E-state index in [0.717, 1.165) is 47.7 Å². The number of ether oxygens (including phenoxy) is 2. The summed E-state index contributed by atoms with van der Waals surface area (Å²) in [5.41, 5.74) is -1.03. The first kappa shape index (κ1) is 28.1. The van der Waals surface area contributed by atoms with Gasteiger partial charge >= 0.3 is 12.1 Å². The number of benzene rings is 2. The number of carbonyl (C=O) groups is 2. The Hall–Kier alpha value is -3.93. The van der Waals surface area contributed by atoms with Gasteiger partial charge in [0, 0.05) is 11.6 Å². The van der Waals surface area contributed by atoms with Crippen molar-refractivity contribution in [3.63, 3.8) is 0 Å². The minimum absolute atomic E-state index is 0.218. The van der Waals surface area contributed by atoms with E-state index >= 15 is 0 Å². The van der Waals surface area contributed by atoms with Crippen LogP contribution in [0.2, 0.25) is 0 Å². The van der Waals surface area contributed by atoms with Crippen molar-refractivity contribution >= 4 is 11.9 Å². The van der Waals surface area contributed by atoms with Gasteiger partial charge in [0.05, 0.1) is 24.3 Å². The van der Waals surface area contributed by atoms with Gasteiger partial charge in [-0.15, -0.1) is 0 Å². The number of carboxylic acids is 1. The van der Waals surface area contributed by atoms with Crippen LogP contribution in [0.3, 0.4) is 0 Å². The number of hydrogen-bond acceptors (Lipinski definition) is 5. The highest BCUT2D eigenvalue weighted by molar-refractivity contribution is 5.85. The molecule has 2 aromatic carbocycles. The molecule has 12 heteroatoms. The molecule has 0 spiro atoms. The molecule has 0 saturated heterocycles. The summed E-state index contributed by atoms with van der Waals surface area (Å²) < 4.78 is 65.9. The molecule has 0 aliphatic heterocycles. The fourth-order valence-corrected chi connectivity index (χ4v) is 4.45. The minimum atomic E-state index is -4.83. The van der Waals surface area contributed by atoms with Gasteiger partial charge in [0.15, 0.2) is 5.69 Å². The molecular weight excluding hydrogens is 522 g/mol. The standard InChI is InChI=1S/C27H27F4N3O5/c28-19-11-10-18(20(12-19)27(29,30)31)16-39-25-13-22(26(36)37)33-34(25)14-24(35)32-21-8-4-5-9-23(21)38-15-17-6-2-1-3-7-17/h1-3,6-7,10-13,21,23H,4-5,8-9,14-16H2,(H,32,35)(H,36,37). The minimum Gasteiger partial charge on any atom is -0.476 e. The molecule has 2 atom stereocenters. The average molecular weight is 550 g/mol. The molecule has 0 bridgehead atoms. The van der Waals surface area contributed by atoms with Crippen molar-refractivity contribution in [2.24, 2.45) is 0 Å². The Morgan fingerprint density at radius 3 is 2.51 bits per heavy atom. The van der Waals surface area contributed by atoms with Crippen LogP contribution in [0.1, 0.15) is 52.9 Å². The first-order valence-corrected chi connectivity index (χ1v) is 12.3. The zero-order chi connectivity index (χ0) is 28.0. The number of alkyl halides is 3. The molecule has 39 heavy (non-hydrogen) atoms. The molecule has 8 nitrogen and oxygen atoms in total. The average Bonchev–Trinajstić information content (AvgIpc) is 3.30. The van der Waals surface area contributed by atoms with Crippen LogP contribution in [0, 0.1) is 5.82 Å². The predicted octanol–water partition coefficient (Wildman–Crippen LogP) is 4.96. The Labute approximate surface area is 221 Å². The smallest absolute Gasteiger partial charge is 0.416 e. The highest BCUT2D eigenvalue weighted by atomic mass is 19.4. The third-order valence-corrected chi connectivity index (χ3v) is 6.36. The summed E-state index contributed by atoms with van der Waals surface area (Å²) in [6, 6.07) is 12.5. The zero-order valence-corrected chi connectivity index (χ0v) is 20.8. The molecule has 1 aromatic heterocycles. The number of nitrogens with one attached hydrogen (secondary N) is 1. The number of rotatable bonds is 10. The molecule has 1 heterocycles. The number of carboxylic acid groups (broad SMARTS) is 1. The van der Waals surface area contributed by atoms with Crippen molar-refractivity contribution in [1.29, 1.82) is 0 Å². The Balaban J connectivity index is 1.43. The maximum atomic E-state index is 13.4. The second-order valence-corrected chi connectivity index (χ2v) is 9.21. The highest BCUT2D eigenvalue weighted by Crippen LogP contribution is 2.33. The highest BCUT2D eigenvalue weighted by Gasteiger charge is 2.34. The molecule has 4 rings (SSSR count). The third kappa shape index (κ3) is 7.56. The van der Waals surface area contributed by atoms with Crippen molar-refractivity contribution in [1.82, 2.24) is 15.1 Å². The van der Waals surface area contributed by atoms with E-state index in [1.165, 1.54) is 0 Å². The summed E-state index contributed by atoms with van der Waals surface area (Å²) in [5, 5.41) is 16.1. The molecule has 2 unspecified atom stereocenters. The topological polar surface area (TPSA) is 103 Å². The van der Waals surface area contributed by atoms with E-state index < -0.39 is 48.3 Å². The van der Waals surface area contributed by atoms with Gasteiger partial charge < -0.3 is 19.9 Å². The second-order valence-electron chi connectivity index (χ2n) is 9.21. The van der Waals surface area contributed by atoms with Crippen LogP contribution in [-0.4, -0.2) is 38.9 Å². The number of aromatic carboxylic acids is 1. The molecule has 1 fully saturated rings. The van der Waals surface area contributed by atoms with E-state index in [0.29, 0.717) is 19.1 Å². The molecule has 0 radical (unpaired) electrons. The molecular formula is C27H27F4N3O5. The van der Waals surface area contributed by atoms with Crippen LogP contribution in [0.15, 0.2) is 54.6 Å². The Bertz CT molecular complexity index is 1300. The molecule has 2 N–H and O–H groups in total. The fraction of sp³-hybridized carbons (Fsp3) is 0.370. The molecule has 208 valence electrons. The van der Waals surface area contributed by atoms with Crippen molar-refractivity contribution in [2.45, 2.75) is 63.8 Å². The number of nitrogens with zero attached hydrogens (tertiary/aromatic N) is 2. The van der Waals surface area contributed by atoms with E-state index in [2.05, 4.69) is 10.4 Å². The summed E-state index contributed by atoms with van der Waals surface area (Å²) >= 11 is 0. The van der Waals surface area contributed by atoms with Crippen molar-refractivity contribution in [2.75, 3.05) is 0 Å². The SMILES string of the molecule is O=C(Cn1nc(C(=O)O)cc1OCc1ccc(F)cc1C(F)(F)F)NC1CCCCC1OCc1ccccc1. The molecule has 1 aliphatic carbocycles. The number of amides is 1. The summed E-state index contributed by atoms with van der Waals surface area (Å²) in [6.45, 7) is -0.695. The lowest BCUT2D eigenvalue weighted by molar-refractivity contribution is -0.138. The fourth-order valence-electron chi connectivity index (χ4n) is 4.45. The lowest BCUT2D eigenvalue weighted by Gasteiger charge is -2.32. The maximum absolute atomic E-state index is 13.4. The number of halogens is 4. The lowest BCUT2D eigenvalue weighted by atomic mass is 9.92. The summed E-state index contributed by atoms with van der Waals surface area (Å²) in [7, 11) is 0. The van der Waals surface area contributed by atoms with Crippen LogP contribution < -0.4 is 10.1 Å². The summed E-state index contributed by atoms with van der Waals surface area (Å²) in [6.07, 6.45) is -1.74. The van der Waals surface area contributed by atoms with E-state index in [1.54, 1.807) is 0 Å². The number of hydrogen-bond donors (Lipinski definition) is 2. The van der Waals surface area contributed by atoms with Gasteiger partial charge in [-0.1, -0.05) is 49.2 Å². The maximum Gasteiger partial charge on any atom is 0.416 e. The van der Waals surface area contributed by atoms with Gasteiger partial charge in [-0.25, -0.2) is 13.9 Å². The van der Waals surface area contributed by atoms with E-state index in [-0.39, 0.29) is 23.6 Å². The third-order valence-electron chi connectivity index (χ3n) is 6.36. The van der Waals surface area contributed by atoms with Gasteiger partial charge in [-0.05, 0) is 30.5 Å². The quantitative estimate of drug-likeness (QED) is 0.347. The summed E-state index contributed by atoms with van der Waals surface area (Å²) in [5.74, 6) is -3.17. The van der Waals surface area contributed by atoms with Crippen LogP contribution in [0.25, 0.3) is 0 Å². The monoisotopic (exact) mass is 549 g/mol. The van der Waals surface area contributed by atoms with Gasteiger partial charge in [0.2, 0.25) is 11.8 Å². The Morgan fingerprint density at radius 1 is 1.05 bits per heavy atom. The van der Waals surface area contributed by atoms with E-state index in [9.17, 15) is 32.3 Å². The molecule has 1 aliphatic rings. The predicted molar refractivity (Wildman–Crippen MR) is 130 cm³/mol. The second kappa shape index (κ2) is 12.3. The van der Waals surface area contributed by atoms with Crippen molar-refractivity contribution in [3.8, 4) is 5.88 Å². The van der Waals surface area contributed by atoms with Crippen LogP contribution >= 0.6 is 0 Å². The normalized spacial score (nSPS) is 17.5. The van der Waals surface area contributed by atoms with Crippen molar-refractivity contribution < 1.29 is 41.7 Å². The van der Waals surface area contributed by atoms with Gasteiger partial charge in [0.25, 0.3) is 0 Å². The van der Waals surface area contributed by atoms with E-state index in [1.807, 2.05) is 30.3 Å². The number of carbonyl (C=O) groups excluding carboxylic acids is 1. The number of aromatic nitrogens is 2. The summed E-state index contributed by atoms with van der Waals surface area (Å²) in [4.78, 5) is 24.4. The van der Waals surface area contributed by atoms with Gasteiger partial charge in [-0.3, -0.25) is 4.79 Å². The zero-order valence-electron chi connectivity index (χ0n) is 20.8. The largest absolute Gasteiger partial charge is 0.476 e. The van der Waals surface area contributed by atoms with E-state index in [4.69, 9.17) is 9.47 Å². The molecule has 1 saturated carbocycles. The van der Waals surface area contributed by atoms with Crippen molar-refractivity contribution in [3.05, 3.63) is 82.8 Å². The van der Waals surface area contributed by atoms with Gasteiger partial charge in [-0.2, -0.15) is 18.3 Å².